The van der Waals surface area contributed by atoms with Gasteiger partial charge in [-0.1, -0.05) is 6.07 Å². The van der Waals surface area contributed by atoms with Crippen molar-refractivity contribution in [1.82, 2.24) is 15.1 Å². The Kier molecular flexibility index (Phi) is 7.55. The highest BCUT2D eigenvalue weighted by molar-refractivity contribution is 5.92. The second-order valence-corrected chi connectivity index (χ2v) is 5.98. The number of alkyl halides is 3. The molecule has 0 radical (unpaired) electrons. The van der Waals surface area contributed by atoms with Crippen LogP contribution in [0, 0.1) is 6.92 Å². The Labute approximate surface area is 160 Å². The third kappa shape index (κ3) is 5.80. The van der Waals surface area contributed by atoms with E-state index in [1.807, 2.05) is 0 Å². The molecule has 1 aromatic heterocycles. The summed E-state index contributed by atoms with van der Waals surface area (Å²) in [5.41, 5.74) is 4.15. The minimum absolute atomic E-state index is 0. The van der Waals surface area contributed by atoms with E-state index in [1.54, 1.807) is 6.92 Å². The summed E-state index contributed by atoms with van der Waals surface area (Å²) in [4.78, 5) is 24.2. The smallest absolute Gasteiger partial charge is 0.350 e. The first kappa shape index (κ1) is 22.7. The van der Waals surface area contributed by atoms with Crippen LogP contribution in [0.25, 0.3) is 5.69 Å². The van der Waals surface area contributed by atoms with Crippen molar-refractivity contribution in [3.63, 3.8) is 0 Å². The van der Waals surface area contributed by atoms with Gasteiger partial charge in [-0.15, -0.1) is 12.4 Å². The van der Waals surface area contributed by atoms with Gasteiger partial charge >= 0.3 is 6.18 Å². The Balaban J connectivity index is 0.00000364. The fraction of sp³-hybridized carbons (Fsp3) is 0.353. The number of amides is 1. The maximum Gasteiger partial charge on any atom is 0.416 e. The number of nitrogens with one attached hydrogen (secondary N) is 1. The number of aromatic nitrogens is 2. The number of benzene rings is 1. The van der Waals surface area contributed by atoms with E-state index in [0.29, 0.717) is 12.1 Å². The van der Waals surface area contributed by atoms with Gasteiger partial charge in [0.15, 0.2) is 5.69 Å². The van der Waals surface area contributed by atoms with Crippen molar-refractivity contribution >= 4 is 18.3 Å². The van der Waals surface area contributed by atoms with Gasteiger partial charge in [0.1, 0.15) is 0 Å². The maximum absolute atomic E-state index is 12.9. The monoisotopic (exact) mass is 404 g/mol. The number of halogens is 4. The lowest BCUT2D eigenvalue weighted by Gasteiger charge is -2.13. The Morgan fingerprint density at radius 2 is 2.00 bits per heavy atom. The average Bonchev–Trinajstić information content (AvgIpc) is 2.53. The Bertz CT molecular complexity index is 866. The van der Waals surface area contributed by atoms with E-state index in [2.05, 4.69) is 10.4 Å². The zero-order valence-electron chi connectivity index (χ0n) is 14.7. The van der Waals surface area contributed by atoms with Crippen LogP contribution in [0.1, 0.15) is 35.1 Å². The van der Waals surface area contributed by atoms with Crippen LogP contribution < -0.4 is 16.5 Å². The van der Waals surface area contributed by atoms with Crippen LogP contribution in [0.3, 0.4) is 0 Å². The van der Waals surface area contributed by atoms with Crippen LogP contribution in [-0.4, -0.2) is 28.3 Å². The number of nitrogens with zero attached hydrogens (tertiary/aromatic N) is 2. The summed E-state index contributed by atoms with van der Waals surface area (Å²) in [6, 6.07) is 5.53. The number of aryl methyl sites for hydroxylation is 1. The van der Waals surface area contributed by atoms with Crippen molar-refractivity contribution in [2.75, 3.05) is 6.54 Å². The second-order valence-electron chi connectivity index (χ2n) is 5.98. The van der Waals surface area contributed by atoms with Gasteiger partial charge in [-0.05, 0) is 38.5 Å². The summed E-state index contributed by atoms with van der Waals surface area (Å²) in [7, 11) is 0. The van der Waals surface area contributed by atoms with Crippen molar-refractivity contribution in [2.45, 2.75) is 32.5 Å². The Morgan fingerprint density at radius 3 is 2.59 bits per heavy atom. The Hall–Kier alpha value is -2.39. The van der Waals surface area contributed by atoms with E-state index >= 15 is 0 Å². The van der Waals surface area contributed by atoms with Crippen molar-refractivity contribution in [1.29, 1.82) is 0 Å². The summed E-state index contributed by atoms with van der Waals surface area (Å²) in [6.07, 6.45) is -4.00. The fourth-order valence-corrected chi connectivity index (χ4v) is 2.28. The highest BCUT2D eigenvalue weighted by atomic mass is 35.5. The zero-order valence-corrected chi connectivity index (χ0v) is 15.5. The van der Waals surface area contributed by atoms with E-state index in [9.17, 15) is 22.8 Å². The van der Waals surface area contributed by atoms with E-state index in [1.165, 1.54) is 19.1 Å². The van der Waals surface area contributed by atoms with E-state index in [4.69, 9.17) is 5.73 Å². The lowest BCUT2D eigenvalue weighted by Crippen LogP contribution is -2.34. The van der Waals surface area contributed by atoms with Crippen molar-refractivity contribution in [2.24, 2.45) is 5.73 Å². The van der Waals surface area contributed by atoms with Crippen LogP contribution in [0.5, 0.6) is 0 Å². The molecule has 1 amide bonds. The highest BCUT2D eigenvalue weighted by Crippen LogP contribution is 2.30. The lowest BCUT2D eigenvalue weighted by atomic mass is 10.2. The molecule has 3 N–H and O–H groups in total. The number of carbonyl (C=O) groups excluding carboxylic acids is 1. The molecule has 148 valence electrons. The van der Waals surface area contributed by atoms with Crippen LogP contribution in [0.15, 0.2) is 35.1 Å². The average molecular weight is 405 g/mol. The van der Waals surface area contributed by atoms with E-state index < -0.39 is 28.8 Å². The van der Waals surface area contributed by atoms with Crippen molar-refractivity contribution in [3.05, 3.63) is 57.5 Å². The number of hydrogen-bond donors (Lipinski definition) is 2. The molecule has 0 saturated heterocycles. The molecular formula is C17H20ClF3N4O2. The lowest BCUT2D eigenvalue weighted by molar-refractivity contribution is -0.137. The van der Waals surface area contributed by atoms with Gasteiger partial charge in [0, 0.05) is 24.3 Å². The van der Waals surface area contributed by atoms with Gasteiger partial charge in [-0.2, -0.15) is 18.3 Å². The van der Waals surface area contributed by atoms with Gasteiger partial charge in [0.2, 0.25) is 5.43 Å². The third-order valence-electron chi connectivity index (χ3n) is 3.63. The largest absolute Gasteiger partial charge is 0.416 e. The molecule has 10 heteroatoms. The fourth-order valence-electron chi connectivity index (χ4n) is 2.28. The molecule has 2 rings (SSSR count). The van der Waals surface area contributed by atoms with Gasteiger partial charge < -0.3 is 11.1 Å². The van der Waals surface area contributed by atoms with E-state index in [-0.39, 0.29) is 30.7 Å². The number of hydrogen-bond acceptors (Lipinski definition) is 4. The molecule has 0 aliphatic rings. The van der Waals surface area contributed by atoms with Crippen LogP contribution in [0.4, 0.5) is 13.2 Å². The molecule has 0 aliphatic heterocycles. The van der Waals surface area contributed by atoms with Gasteiger partial charge in [0.05, 0.1) is 11.3 Å². The number of nitrogens with two attached hydrogens (primary N) is 1. The minimum atomic E-state index is -4.51. The second kappa shape index (κ2) is 9.01. The Morgan fingerprint density at radius 1 is 1.33 bits per heavy atom. The van der Waals surface area contributed by atoms with Crippen LogP contribution >= 0.6 is 12.4 Å². The van der Waals surface area contributed by atoms with Crippen molar-refractivity contribution < 1.29 is 18.0 Å². The number of rotatable bonds is 5. The predicted molar refractivity (Wildman–Crippen MR) is 97.4 cm³/mol. The van der Waals surface area contributed by atoms with Gasteiger partial charge in [0.25, 0.3) is 5.91 Å². The standard InChI is InChI=1S/C17H19F3N4O2.ClH/c1-10(21)6-7-22-16(26)15-14(25)8-11(2)24(23-15)13-5-3-4-12(9-13)17(18,19)20;/h3-5,8-10H,6-7,21H2,1-2H3,(H,22,26);1H. The van der Waals surface area contributed by atoms with Crippen molar-refractivity contribution in [3.8, 4) is 5.69 Å². The molecule has 1 atom stereocenters. The quantitative estimate of drug-likeness (QED) is 0.801. The molecule has 0 aliphatic carbocycles. The first-order valence-corrected chi connectivity index (χ1v) is 7.92. The molecule has 2 aromatic rings. The third-order valence-corrected chi connectivity index (χ3v) is 3.63. The molecule has 27 heavy (non-hydrogen) atoms. The van der Waals surface area contributed by atoms with Crippen LogP contribution in [0.2, 0.25) is 0 Å². The summed E-state index contributed by atoms with van der Waals surface area (Å²) in [5, 5.41) is 6.49. The zero-order chi connectivity index (χ0) is 19.5. The molecule has 0 fully saturated rings. The van der Waals surface area contributed by atoms with E-state index in [0.717, 1.165) is 22.9 Å². The van der Waals surface area contributed by atoms with Gasteiger partial charge in [-0.3, -0.25) is 9.59 Å². The first-order valence-electron chi connectivity index (χ1n) is 7.92. The number of carbonyl (C=O) groups is 1. The minimum Gasteiger partial charge on any atom is -0.350 e. The normalized spacial score (nSPS) is 12.2. The highest BCUT2D eigenvalue weighted by Gasteiger charge is 2.30. The molecule has 0 bridgehead atoms. The molecule has 0 spiro atoms. The maximum atomic E-state index is 12.9. The summed E-state index contributed by atoms with van der Waals surface area (Å²) in [6.45, 7) is 3.55. The molecule has 1 aromatic carbocycles. The first-order chi connectivity index (χ1) is 12.1. The summed E-state index contributed by atoms with van der Waals surface area (Å²) in [5.74, 6) is -0.698. The molecule has 0 saturated carbocycles. The molecule has 1 unspecified atom stereocenters. The van der Waals surface area contributed by atoms with Gasteiger partial charge in [-0.25, -0.2) is 4.68 Å². The van der Waals surface area contributed by atoms with Crippen LogP contribution in [-0.2, 0) is 6.18 Å². The molecule has 1 heterocycles. The topological polar surface area (TPSA) is 90.0 Å². The predicted octanol–water partition coefficient (Wildman–Crippen LogP) is 2.45. The summed E-state index contributed by atoms with van der Waals surface area (Å²) < 4.78 is 39.9. The SMILES string of the molecule is Cc1cc(=O)c(C(=O)NCCC(C)N)nn1-c1cccc(C(F)(F)F)c1.Cl. The summed E-state index contributed by atoms with van der Waals surface area (Å²) >= 11 is 0. The molecular weight excluding hydrogens is 385 g/mol. The molecule has 6 nitrogen and oxygen atoms in total.